The minimum absolute atomic E-state index is 0.336. The van der Waals surface area contributed by atoms with E-state index in [2.05, 4.69) is 22.6 Å². The van der Waals surface area contributed by atoms with Crippen LogP contribution in [0.15, 0.2) is 30.3 Å². The highest BCUT2D eigenvalue weighted by Gasteiger charge is 2.14. The van der Waals surface area contributed by atoms with Crippen LogP contribution in [0.1, 0.15) is 0 Å². The molecule has 5 heteroatoms. The average Bonchev–Trinajstić information content (AvgIpc) is 2.25. The first-order valence-corrected chi connectivity index (χ1v) is 6.81. The van der Waals surface area contributed by atoms with E-state index in [0.717, 1.165) is 3.57 Å². The zero-order chi connectivity index (χ0) is 12.6. The Hall–Kier alpha value is -0.0300. The van der Waals surface area contributed by atoms with E-state index >= 15 is 0 Å². The minimum atomic E-state index is -0.336. The van der Waals surface area contributed by atoms with Gasteiger partial charge in [-0.1, -0.05) is 40.9 Å². The summed E-state index contributed by atoms with van der Waals surface area (Å²) in [6, 6.07) is 7.93. The fourth-order valence-corrected chi connectivity index (χ4v) is 2.87. The molecule has 2 aromatic carbocycles. The van der Waals surface area contributed by atoms with Crippen LogP contribution in [0.3, 0.4) is 0 Å². The van der Waals surface area contributed by atoms with Crippen molar-refractivity contribution in [3.8, 4) is 11.1 Å². The lowest BCUT2D eigenvalue weighted by molar-refractivity contribution is 0.630. The second kappa shape index (κ2) is 5.31. The van der Waals surface area contributed by atoms with E-state index in [1.54, 1.807) is 18.2 Å². The fourth-order valence-electron chi connectivity index (χ4n) is 1.47. The molecule has 0 nitrogen and oxygen atoms in total. The molecule has 0 atom stereocenters. The van der Waals surface area contributed by atoms with Gasteiger partial charge < -0.3 is 0 Å². The number of benzene rings is 2. The monoisotopic (exact) mass is 400 g/mol. The van der Waals surface area contributed by atoms with Crippen LogP contribution in [0.25, 0.3) is 11.1 Å². The van der Waals surface area contributed by atoms with Gasteiger partial charge >= 0.3 is 0 Å². The Morgan fingerprint density at radius 1 is 0.941 bits per heavy atom. The largest absolute Gasteiger partial charge is 0.206 e. The summed E-state index contributed by atoms with van der Waals surface area (Å²) < 4.78 is 14.6. The smallest absolute Gasteiger partial charge is 0.132 e. The van der Waals surface area contributed by atoms with Crippen molar-refractivity contribution in [3.05, 3.63) is 54.8 Å². The van der Waals surface area contributed by atoms with Crippen molar-refractivity contribution in [3.63, 3.8) is 0 Å². The van der Waals surface area contributed by atoms with Crippen molar-refractivity contribution in [1.82, 2.24) is 0 Å². The Morgan fingerprint density at radius 2 is 1.59 bits per heavy atom. The van der Waals surface area contributed by atoms with Gasteiger partial charge in [-0.25, -0.2) is 4.39 Å². The second-order valence-corrected chi connectivity index (χ2v) is 5.73. The Labute approximate surface area is 127 Å². The summed E-state index contributed by atoms with van der Waals surface area (Å²) >= 11 is 19.9. The van der Waals surface area contributed by atoms with Crippen LogP contribution in [-0.2, 0) is 0 Å². The highest BCUT2D eigenvalue weighted by atomic mass is 127. The normalized spacial score (nSPS) is 10.6. The molecule has 0 aliphatic rings. The molecule has 0 unspecified atom stereocenters. The van der Waals surface area contributed by atoms with Crippen molar-refractivity contribution in [2.24, 2.45) is 0 Å². The molecule has 0 bridgehead atoms. The maximum atomic E-state index is 13.8. The molecule has 0 fully saturated rings. The summed E-state index contributed by atoms with van der Waals surface area (Å²) in [6.07, 6.45) is 0. The van der Waals surface area contributed by atoms with Gasteiger partial charge in [-0.2, -0.15) is 0 Å². The van der Waals surface area contributed by atoms with Gasteiger partial charge in [-0.05, 0) is 46.9 Å². The van der Waals surface area contributed by atoms with Crippen molar-refractivity contribution >= 4 is 57.4 Å². The van der Waals surface area contributed by atoms with Crippen LogP contribution in [0.4, 0.5) is 4.39 Å². The van der Waals surface area contributed by atoms with Crippen LogP contribution in [-0.4, -0.2) is 0 Å². The molecule has 0 heterocycles. The van der Waals surface area contributed by atoms with Crippen molar-refractivity contribution in [2.45, 2.75) is 0 Å². The van der Waals surface area contributed by atoms with Crippen molar-refractivity contribution < 1.29 is 4.39 Å². The lowest BCUT2D eigenvalue weighted by Gasteiger charge is -2.09. The Kier molecular flexibility index (Phi) is 4.18. The van der Waals surface area contributed by atoms with Crippen LogP contribution in [0, 0.1) is 9.39 Å². The van der Waals surface area contributed by atoms with E-state index in [1.165, 1.54) is 12.1 Å². The lowest BCUT2D eigenvalue weighted by atomic mass is 10.1. The SMILES string of the molecule is Fc1cccc(I)c1-c1cc(Cl)c(Cl)cc1Cl. The van der Waals surface area contributed by atoms with E-state index in [1.807, 2.05) is 0 Å². The second-order valence-electron chi connectivity index (χ2n) is 3.34. The molecular weight excluding hydrogens is 396 g/mol. The molecule has 0 aliphatic heterocycles. The maximum Gasteiger partial charge on any atom is 0.132 e. The molecular formula is C12H5Cl3FI. The Balaban J connectivity index is 2.73. The van der Waals surface area contributed by atoms with E-state index in [9.17, 15) is 4.39 Å². The van der Waals surface area contributed by atoms with Gasteiger partial charge in [0.25, 0.3) is 0 Å². The molecule has 2 rings (SSSR count). The van der Waals surface area contributed by atoms with Crippen LogP contribution >= 0.6 is 57.4 Å². The average molecular weight is 401 g/mol. The molecule has 0 N–H and O–H groups in total. The van der Waals surface area contributed by atoms with Gasteiger partial charge in [0.1, 0.15) is 5.82 Å². The summed E-state index contributed by atoms with van der Waals surface area (Å²) in [4.78, 5) is 0. The number of hydrogen-bond acceptors (Lipinski definition) is 0. The first-order chi connectivity index (χ1) is 8.00. The van der Waals surface area contributed by atoms with Gasteiger partial charge in [0, 0.05) is 14.7 Å². The third-order valence-corrected chi connectivity index (χ3v) is 4.18. The van der Waals surface area contributed by atoms with Crippen molar-refractivity contribution in [1.29, 1.82) is 0 Å². The highest BCUT2D eigenvalue weighted by molar-refractivity contribution is 14.1. The van der Waals surface area contributed by atoms with Crippen LogP contribution in [0.2, 0.25) is 15.1 Å². The molecule has 0 amide bonds. The molecule has 0 saturated carbocycles. The topological polar surface area (TPSA) is 0 Å². The lowest BCUT2D eigenvalue weighted by Crippen LogP contribution is -1.90. The molecule has 0 spiro atoms. The third kappa shape index (κ3) is 2.70. The molecule has 0 saturated heterocycles. The molecule has 0 aliphatic carbocycles. The highest BCUT2D eigenvalue weighted by Crippen LogP contribution is 2.38. The number of rotatable bonds is 1. The standard InChI is InChI=1S/C12H5Cl3FI/c13-7-5-9(15)8(14)4-6(7)12-10(16)2-1-3-11(12)17/h1-5H. The van der Waals surface area contributed by atoms with Crippen LogP contribution < -0.4 is 0 Å². The number of halogens is 5. The fraction of sp³-hybridized carbons (Fsp3) is 0. The van der Waals surface area contributed by atoms with Crippen LogP contribution in [0.5, 0.6) is 0 Å². The minimum Gasteiger partial charge on any atom is -0.206 e. The summed E-state index contributed by atoms with van der Waals surface area (Å²) in [5.74, 6) is -0.336. The van der Waals surface area contributed by atoms with Gasteiger partial charge in [-0.3, -0.25) is 0 Å². The summed E-state index contributed by atoms with van der Waals surface area (Å²) in [7, 11) is 0. The number of hydrogen-bond donors (Lipinski definition) is 0. The van der Waals surface area contributed by atoms with Gasteiger partial charge in [0.05, 0.1) is 15.1 Å². The first-order valence-electron chi connectivity index (χ1n) is 4.59. The predicted molar refractivity (Wildman–Crippen MR) is 79.6 cm³/mol. The van der Waals surface area contributed by atoms with E-state index in [-0.39, 0.29) is 5.82 Å². The summed E-state index contributed by atoms with van der Waals surface area (Å²) in [6.45, 7) is 0. The summed E-state index contributed by atoms with van der Waals surface area (Å²) in [5.41, 5.74) is 0.986. The first kappa shape index (κ1) is 13.4. The van der Waals surface area contributed by atoms with E-state index in [0.29, 0.717) is 26.2 Å². The Bertz CT molecular complexity index is 564. The molecule has 2 aromatic rings. The van der Waals surface area contributed by atoms with Gasteiger partial charge in [0.15, 0.2) is 0 Å². The van der Waals surface area contributed by atoms with E-state index < -0.39 is 0 Å². The molecule has 88 valence electrons. The van der Waals surface area contributed by atoms with Gasteiger partial charge in [-0.15, -0.1) is 0 Å². The molecule has 0 radical (unpaired) electrons. The molecule has 0 aromatic heterocycles. The maximum absolute atomic E-state index is 13.8. The van der Waals surface area contributed by atoms with Crippen molar-refractivity contribution in [2.75, 3.05) is 0 Å². The quantitative estimate of drug-likeness (QED) is 0.403. The zero-order valence-electron chi connectivity index (χ0n) is 8.28. The van der Waals surface area contributed by atoms with Gasteiger partial charge in [0.2, 0.25) is 0 Å². The third-order valence-electron chi connectivity index (χ3n) is 2.24. The van der Waals surface area contributed by atoms with E-state index in [4.69, 9.17) is 34.8 Å². The molecule has 17 heavy (non-hydrogen) atoms. The Morgan fingerprint density at radius 3 is 2.24 bits per heavy atom. The summed E-state index contributed by atoms with van der Waals surface area (Å²) in [5, 5.41) is 1.08. The zero-order valence-corrected chi connectivity index (χ0v) is 12.7. The predicted octanol–water partition coefficient (Wildman–Crippen LogP) is 6.06.